The summed E-state index contributed by atoms with van der Waals surface area (Å²) in [5.74, 6) is 0. The normalized spacial score (nSPS) is 8.45. The van der Waals surface area contributed by atoms with Gasteiger partial charge in [-0.2, -0.15) is 9.79 Å². The maximum absolute atomic E-state index is 10.6. The van der Waals surface area contributed by atoms with E-state index in [4.69, 9.17) is 0 Å². The first kappa shape index (κ1) is 15.5. The molecule has 0 saturated carbocycles. The summed E-state index contributed by atoms with van der Waals surface area (Å²) in [6.45, 7) is 0. The third-order valence-corrected chi connectivity index (χ3v) is 2.48. The van der Waals surface area contributed by atoms with Crippen molar-refractivity contribution in [1.82, 2.24) is 0 Å². The molecule has 20 heavy (non-hydrogen) atoms. The van der Waals surface area contributed by atoms with Crippen LogP contribution in [0.5, 0.6) is 0 Å². The van der Waals surface area contributed by atoms with E-state index in [2.05, 4.69) is 14.2 Å². The summed E-state index contributed by atoms with van der Waals surface area (Å²) in [5, 5.41) is 11.5. The largest absolute Gasteiger partial charge is 0.607 e. The Kier molecular flexibility index (Phi) is 6.60. The van der Waals surface area contributed by atoms with Gasteiger partial charge in [0.25, 0.3) is 0 Å². The first-order chi connectivity index (χ1) is 9.67. The van der Waals surface area contributed by atoms with E-state index in [0.29, 0.717) is 11.4 Å². The van der Waals surface area contributed by atoms with Crippen LogP contribution in [-0.4, -0.2) is 16.9 Å². The van der Waals surface area contributed by atoms with Crippen LogP contribution < -0.4 is 5.30 Å². The van der Waals surface area contributed by atoms with Crippen LogP contribution in [0.3, 0.4) is 0 Å². The molecule has 1 atom stereocenters. The first-order valence-electron chi connectivity index (χ1n) is 5.51. The molecule has 2 aromatic carbocycles. The Bertz CT molecular complexity index is 661. The van der Waals surface area contributed by atoms with Gasteiger partial charge in [0.2, 0.25) is 11.8 Å². The molecule has 0 saturated heterocycles. The molecule has 100 valence electrons. The van der Waals surface area contributed by atoms with Gasteiger partial charge in [0.1, 0.15) is 0 Å². The second-order valence-corrected chi connectivity index (χ2v) is 4.19. The fourth-order valence-corrected chi connectivity index (χ4v) is 1.54. The molecule has 0 spiro atoms. The standard InChI is InChI=1S/C7H6NO2P.C7H5NO/c9-5-8(10)6-2-1-3-7(11)4-6;9-6-8-7-4-2-1-3-5-7/h1-4H,11H2;1-5H. The van der Waals surface area contributed by atoms with Crippen molar-refractivity contribution in [2.24, 2.45) is 4.99 Å². The van der Waals surface area contributed by atoms with E-state index in [1.165, 1.54) is 12.2 Å². The minimum absolute atomic E-state index is 0.160. The van der Waals surface area contributed by atoms with Gasteiger partial charge in [-0.3, -0.25) is 0 Å². The lowest BCUT2D eigenvalue weighted by atomic mass is 10.3. The maximum Gasteiger partial charge on any atom is 0.443 e. The molecule has 0 aliphatic heterocycles. The highest BCUT2D eigenvalue weighted by atomic mass is 31.0. The van der Waals surface area contributed by atoms with Gasteiger partial charge in [-0.25, -0.2) is 4.79 Å². The van der Waals surface area contributed by atoms with Gasteiger partial charge in [0.15, 0.2) is 0 Å². The Hall–Kier alpha value is -2.57. The van der Waals surface area contributed by atoms with Crippen molar-refractivity contribution in [3.63, 3.8) is 0 Å². The molecule has 0 aromatic heterocycles. The predicted molar refractivity (Wildman–Crippen MR) is 79.0 cm³/mol. The molecular formula is C14H11N2O3P. The topological polar surface area (TPSA) is 72.6 Å². The van der Waals surface area contributed by atoms with Crippen molar-refractivity contribution >= 4 is 38.1 Å². The van der Waals surface area contributed by atoms with Gasteiger partial charge >= 0.3 is 6.08 Å². The zero-order chi connectivity index (χ0) is 14.8. The highest BCUT2D eigenvalue weighted by Crippen LogP contribution is 2.08. The molecule has 6 heteroatoms. The van der Waals surface area contributed by atoms with Crippen LogP contribution in [0.4, 0.5) is 11.4 Å². The van der Waals surface area contributed by atoms with Gasteiger partial charge in [0.05, 0.1) is 5.69 Å². The summed E-state index contributed by atoms with van der Waals surface area (Å²) in [6.07, 6.45) is 2.69. The summed E-state index contributed by atoms with van der Waals surface area (Å²) >= 11 is 0. The number of hydrogen-bond acceptors (Lipinski definition) is 4. The fourth-order valence-electron chi connectivity index (χ4n) is 1.26. The molecule has 1 unspecified atom stereocenters. The highest BCUT2D eigenvalue weighted by molar-refractivity contribution is 7.27. The maximum atomic E-state index is 10.6. The molecule has 2 rings (SSSR count). The van der Waals surface area contributed by atoms with Crippen molar-refractivity contribution in [2.75, 3.05) is 0 Å². The van der Waals surface area contributed by atoms with Gasteiger partial charge in [-0.15, -0.1) is 9.24 Å². The number of isocyanates is 2. The second kappa shape index (κ2) is 8.52. The van der Waals surface area contributed by atoms with Crippen LogP contribution in [-0.2, 0) is 9.59 Å². The molecule has 0 amide bonds. The minimum atomic E-state index is 0.160. The van der Waals surface area contributed by atoms with Gasteiger partial charge in [0, 0.05) is 12.1 Å². The fraction of sp³-hybridized carbons (Fsp3) is 0. The van der Waals surface area contributed by atoms with Crippen molar-refractivity contribution in [3.8, 4) is 0 Å². The van der Waals surface area contributed by atoms with Crippen LogP contribution in [0.2, 0.25) is 0 Å². The Labute approximate surface area is 118 Å². The van der Waals surface area contributed by atoms with Gasteiger partial charge < -0.3 is 5.21 Å². The summed E-state index contributed by atoms with van der Waals surface area (Å²) in [5.41, 5.74) is 0.944. The summed E-state index contributed by atoms with van der Waals surface area (Å²) in [7, 11) is 2.43. The van der Waals surface area contributed by atoms with E-state index in [0.717, 1.165) is 5.30 Å². The molecular weight excluding hydrogens is 275 g/mol. The smallest absolute Gasteiger partial charge is 0.443 e. The summed E-state index contributed by atoms with van der Waals surface area (Å²) in [6, 6.07) is 15.6. The lowest BCUT2D eigenvalue weighted by Gasteiger charge is -1.96. The SMILES string of the molecule is O=C=Nc1ccccc1.O=C=[N+]([O-])c1cccc(P)c1. The lowest BCUT2D eigenvalue weighted by Crippen LogP contribution is -1.96. The molecule has 0 aliphatic rings. The van der Waals surface area contributed by atoms with E-state index in [1.807, 2.05) is 24.3 Å². The van der Waals surface area contributed by atoms with Gasteiger partial charge in [-0.05, 0) is 17.4 Å². The summed E-state index contributed by atoms with van der Waals surface area (Å²) in [4.78, 5) is 23.0. The number of benzene rings is 2. The Morgan fingerprint density at radius 1 is 1.05 bits per heavy atom. The molecule has 2 aromatic rings. The number of hydrogen-bond donors (Lipinski definition) is 0. The van der Waals surface area contributed by atoms with E-state index in [9.17, 15) is 14.8 Å². The molecule has 5 nitrogen and oxygen atoms in total. The quantitative estimate of drug-likeness (QED) is 0.212. The van der Waals surface area contributed by atoms with Crippen molar-refractivity contribution < 1.29 is 14.3 Å². The molecule has 0 aliphatic carbocycles. The number of para-hydroxylation sites is 1. The number of aliphatic imine (C=N–C) groups is 1. The Morgan fingerprint density at radius 3 is 2.30 bits per heavy atom. The zero-order valence-corrected chi connectivity index (χ0v) is 11.5. The zero-order valence-electron chi connectivity index (χ0n) is 10.4. The molecule has 0 fully saturated rings. The van der Waals surface area contributed by atoms with Crippen LogP contribution in [0.25, 0.3) is 0 Å². The molecule has 0 N–H and O–H groups in total. The average Bonchev–Trinajstić information content (AvgIpc) is 2.48. The first-order valence-corrected chi connectivity index (χ1v) is 6.08. The van der Waals surface area contributed by atoms with E-state index in [-0.39, 0.29) is 4.74 Å². The molecule has 0 radical (unpaired) electrons. The highest BCUT2D eigenvalue weighted by Gasteiger charge is 1.99. The van der Waals surface area contributed by atoms with Crippen molar-refractivity contribution in [2.45, 2.75) is 0 Å². The van der Waals surface area contributed by atoms with E-state index < -0.39 is 0 Å². The predicted octanol–water partition coefficient (Wildman–Crippen LogP) is 2.32. The minimum Gasteiger partial charge on any atom is -0.607 e. The number of carbonyl (C=O) groups excluding carboxylic acids is 2. The number of nitrogens with zero attached hydrogens (tertiary/aromatic N) is 2. The number of rotatable bonds is 2. The Balaban J connectivity index is 0.000000204. The van der Waals surface area contributed by atoms with Crippen molar-refractivity contribution in [1.29, 1.82) is 0 Å². The third kappa shape index (κ3) is 5.38. The Morgan fingerprint density at radius 2 is 1.75 bits per heavy atom. The van der Waals surface area contributed by atoms with Gasteiger partial charge in [-0.1, -0.05) is 35.1 Å². The second-order valence-electron chi connectivity index (χ2n) is 3.52. The van der Waals surface area contributed by atoms with Crippen LogP contribution >= 0.6 is 9.24 Å². The average molecular weight is 286 g/mol. The lowest BCUT2D eigenvalue weighted by molar-refractivity contribution is -0.357. The van der Waals surface area contributed by atoms with Crippen LogP contribution in [0.1, 0.15) is 0 Å². The summed E-state index contributed by atoms with van der Waals surface area (Å²) < 4.78 is 0.160. The third-order valence-electron chi connectivity index (χ3n) is 2.12. The van der Waals surface area contributed by atoms with Crippen LogP contribution in [0.15, 0.2) is 59.6 Å². The molecule has 0 bridgehead atoms. The monoisotopic (exact) mass is 286 g/mol. The van der Waals surface area contributed by atoms with Crippen LogP contribution in [0, 0.1) is 5.21 Å². The van der Waals surface area contributed by atoms with E-state index >= 15 is 0 Å². The van der Waals surface area contributed by atoms with E-state index in [1.54, 1.807) is 30.3 Å². The van der Waals surface area contributed by atoms with Crippen molar-refractivity contribution in [3.05, 3.63) is 59.8 Å². The molecule has 0 heterocycles.